The predicted octanol–water partition coefficient (Wildman–Crippen LogP) is 2.25. The summed E-state index contributed by atoms with van der Waals surface area (Å²) >= 11 is 0. The van der Waals surface area contributed by atoms with Crippen LogP contribution < -0.4 is 0 Å². The van der Waals surface area contributed by atoms with E-state index in [0.29, 0.717) is 0 Å². The molecule has 2 rings (SSSR count). The summed E-state index contributed by atoms with van der Waals surface area (Å²) in [6, 6.07) is 4.27. The second-order valence-electron chi connectivity index (χ2n) is 3.82. The number of allylic oxidation sites excluding steroid dienone is 1. The molecule has 15 heavy (non-hydrogen) atoms. The molecular formula is C12H16N2O. The maximum atomic E-state index is 11.8. The molecule has 0 radical (unpaired) electrons. The van der Waals surface area contributed by atoms with E-state index in [1.54, 1.807) is 12.2 Å². The maximum absolute atomic E-state index is 11.8. The number of nitrogens with one attached hydrogen (secondary N) is 1. The van der Waals surface area contributed by atoms with Crippen molar-refractivity contribution >= 4 is 5.91 Å². The highest BCUT2D eigenvalue weighted by Gasteiger charge is 2.28. The first-order chi connectivity index (χ1) is 7.33. The van der Waals surface area contributed by atoms with E-state index in [0.717, 1.165) is 25.1 Å². The first kappa shape index (κ1) is 10.0. The number of rotatable bonds is 2. The largest absolute Gasteiger partial charge is 0.363 e. The lowest BCUT2D eigenvalue weighted by Crippen LogP contribution is -2.29. The van der Waals surface area contributed by atoms with Gasteiger partial charge in [0, 0.05) is 18.4 Å². The number of likely N-dealkylation sites (tertiary alicyclic amines) is 1. The van der Waals surface area contributed by atoms with Crippen LogP contribution in [-0.4, -0.2) is 22.3 Å². The number of carbonyl (C=O) groups is 1. The van der Waals surface area contributed by atoms with Crippen molar-refractivity contribution in [1.82, 2.24) is 9.88 Å². The summed E-state index contributed by atoms with van der Waals surface area (Å²) in [7, 11) is 0. The van der Waals surface area contributed by atoms with Crippen LogP contribution in [0.25, 0.3) is 0 Å². The normalized spacial score (nSPS) is 21.4. The fourth-order valence-corrected chi connectivity index (χ4v) is 2.14. The zero-order valence-electron chi connectivity index (χ0n) is 8.94. The Morgan fingerprint density at radius 2 is 2.53 bits per heavy atom. The third-order valence-electron chi connectivity index (χ3n) is 2.83. The summed E-state index contributed by atoms with van der Waals surface area (Å²) in [5, 5.41) is 0. The van der Waals surface area contributed by atoms with Crippen LogP contribution in [0.5, 0.6) is 0 Å². The molecule has 1 unspecified atom stereocenters. The smallest absolute Gasteiger partial charge is 0.246 e. The Hall–Kier alpha value is -1.51. The molecule has 1 amide bonds. The lowest BCUT2D eigenvalue weighted by molar-refractivity contribution is -0.127. The minimum atomic E-state index is 0.120. The minimum absolute atomic E-state index is 0.120. The number of aromatic amines is 1. The Morgan fingerprint density at radius 3 is 3.20 bits per heavy atom. The molecule has 0 saturated carbocycles. The van der Waals surface area contributed by atoms with Gasteiger partial charge in [-0.2, -0.15) is 0 Å². The highest BCUT2D eigenvalue weighted by Crippen LogP contribution is 2.30. The number of carbonyl (C=O) groups excluding carboxylic acids is 1. The molecule has 1 fully saturated rings. The molecule has 0 aromatic carbocycles. The van der Waals surface area contributed by atoms with Gasteiger partial charge in [0.2, 0.25) is 5.91 Å². The van der Waals surface area contributed by atoms with E-state index in [-0.39, 0.29) is 11.9 Å². The Labute approximate surface area is 89.8 Å². The molecular weight excluding hydrogens is 188 g/mol. The van der Waals surface area contributed by atoms with Gasteiger partial charge < -0.3 is 9.88 Å². The van der Waals surface area contributed by atoms with Crippen LogP contribution in [0.4, 0.5) is 0 Å². The Kier molecular flexibility index (Phi) is 2.90. The standard InChI is InChI=1S/C12H16N2O/c1-2-5-12(15)14-9-4-7-11(14)10-6-3-8-13-10/h2-3,5-6,8,11,13H,4,7,9H2,1H3/b5-2+. The molecule has 80 valence electrons. The second kappa shape index (κ2) is 4.34. The lowest BCUT2D eigenvalue weighted by atomic mass is 10.1. The van der Waals surface area contributed by atoms with Gasteiger partial charge in [0.05, 0.1) is 6.04 Å². The van der Waals surface area contributed by atoms with Crippen molar-refractivity contribution in [2.24, 2.45) is 0 Å². The molecule has 1 aliphatic rings. The Bertz CT molecular complexity index is 354. The van der Waals surface area contributed by atoms with Gasteiger partial charge >= 0.3 is 0 Å². The fraction of sp³-hybridized carbons (Fsp3) is 0.417. The summed E-state index contributed by atoms with van der Waals surface area (Å²) in [5.41, 5.74) is 1.14. The maximum Gasteiger partial charge on any atom is 0.246 e. The van der Waals surface area contributed by atoms with Gasteiger partial charge in [0.25, 0.3) is 0 Å². The summed E-state index contributed by atoms with van der Waals surface area (Å²) in [4.78, 5) is 16.9. The highest BCUT2D eigenvalue weighted by molar-refractivity contribution is 5.88. The highest BCUT2D eigenvalue weighted by atomic mass is 16.2. The molecule has 1 N–H and O–H groups in total. The zero-order valence-corrected chi connectivity index (χ0v) is 8.94. The molecule has 1 aromatic heterocycles. The second-order valence-corrected chi connectivity index (χ2v) is 3.82. The SMILES string of the molecule is C/C=C/C(=O)N1CCCC1c1ccc[nH]1. The lowest BCUT2D eigenvalue weighted by Gasteiger charge is -2.22. The van der Waals surface area contributed by atoms with Gasteiger partial charge in [-0.25, -0.2) is 0 Å². The summed E-state index contributed by atoms with van der Waals surface area (Å²) < 4.78 is 0. The average molecular weight is 204 g/mol. The summed E-state index contributed by atoms with van der Waals surface area (Å²) in [5.74, 6) is 0.120. The van der Waals surface area contributed by atoms with E-state index >= 15 is 0 Å². The zero-order chi connectivity index (χ0) is 10.7. The van der Waals surface area contributed by atoms with E-state index in [4.69, 9.17) is 0 Å². The summed E-state index contributed by atoms with van der Waals surface area (Å²) in [6.45, 7) is 2.74. The van der Waals surface area contributed by atoms with Crippen LogP contribution in [0.1, 0.15) is 31.5 Å². The molecule has 0 bridgehead atoms. The molecule has 2 heterocycles. The van der Waals surface area contributed by atoms with Crippen molar-refractivity contribution in [3.8, 4) is 0 Å². The van der Waals surface area contributed by atoms with E-state index in [2.05, 4.69) is 4.98 Å². The van der Waals surface area contributed by atoms with Gasteiger partial charge in [0.15, 0.2) is 0 Å². The quantitative estimate of drug-likeness (QED) is 0.737. The number of H-pyrrole nitrogens is 1. The van der Waals surface area contributed by atoms with Gasteiger partial charge in [-0.15, -0.1) is 0 Å². The van der Waals surface area contributed by atoms with Crippen LogP contribution >= 0.6 is 0 Å². The van der Waals surface area contributed by atoms with Crippen LogP contribution in [-0.2, 0) is 4.79 Å². The molecule has 3 heteroatoms. The van der Waals surface area contributed by atoms with Gasteiger partial charge in [-0.3, -0.25) is 4.79 Å². The molecule has 1 atom stereocenters. The number of hydrogen-bond acceptors (Lipinski definition) is 1. The van der Waals surface area contributed by atoms with Gasteiger partial charge in [-0.05, 0) is 38.0 Å². The topological polar surface area (TPSA) is 36.1 Å². The van der Waals surface area contributed by atoms with E-state index < -0.39 is 0 Å². The van der Waals surface area contributed by atoms with Crippen molar-refractivity contribution in [2.45, 2.75) is 25.8 Å². The molecule has 1 aromatic rings. The first-order valence-corrected chi connectivity index (χ1v) is 5.39. The van der Waals surface area contributed by atoms with Crippen molar-refractivity contribution < 1.29 is 4.79 Å². The molecule has 0 spiro atoms. The van der Waals surface area contributed by atoms with Crippen LogP contribution in [0.3, 0.4) is 0 Å². The van der Waals surface area contributed by atoms with E-state index in [1.807, 2.05) is 30.2 Å². The van der Waals surface area contributed by atoms with Crippen LogP contribution in [0.2, 0.25) is 0 Å². The van der Waals surface area contributed by atoms with Gasteiger partial charge in [0.1, 0.15) is 0 Å². The van der Waals surface area contributed by atoms with Crippen molar-refractivity contribution in [3.05, 3.63) is 36.2 Å². The van der Waals surface area contributed by atoms with Crippen LogP contribution in [0, 0.1) is 0 Å². The molecule has 0 aliphatic carbocycles. The number of amides is 1. The Morgan fingerprint density at radius 1 is 1.67 bits per heavy atom. The molecule has 1 saturated heterocycles. The van der Waals surface area contributed by atoms with Crippen molar-refractivity contribution in [1.29, 1.82) is 0 Å². The van der Waals surface area contributed by atoms with Crippen molar-refractivity contribution in [2.75, 3.05) is 6.54 Å². The molecule has 1 aliphatic heterocycles. The van der Waals surface area contributed by atoms with Gasteiger partial charge in [-0.1, -0.05) is 6.08 Å². The number of aromatic nitrogens is 1. The summed E-state index contributed by atoms with van der Waals surface area (Å²) in [6.07, 6.45) is 7.50. The fourth-order valence-electron chi connectivity index (χ4n) is 2.14. The molecule has 3 nitrogen and oxygen atoms in total. The van der Waals surface area contributed by atoms with Crippen molar-refractivity contribution in [3.63, 3.8) is 0 Å². The van der Waals surface area contributed by atoms with E-state index in [1.165, 1.54) is 0 Å². The number of nitrogens with zero attached hydrogens (tertiary/aromatic N) is 1. The van der Waals surface area contributed by atoms with Crippen LogP contribution in [0.15, 0.2) is 30.5 Å². The Balaban J connectivity index is 2.15. The number of hydrogen-bond donors (Lipinski definition) is 1. The third-order valence-corrected chi connectivity index (χ3v) is 2.83. The van der Waals surface area contributed by atoms with E-state index in [9.17, 15) is 4.79 Å². The third kappa shape index (κ3) is 1.96. The average Bonchev–Trinajstić information content (AvgIpc) is 2.88. The first-order valence-electron chi connectivity index (χ1n) is 5.39. The minimum Gasteiger partial charge on any atom is -0.363 e. The monoisotopic (exact) mass is 204 g/mol. The predicted molar refractivity (Wildman–Crippen MR) is 59.3 cm³/mol.